The molecule has 0 radical (unpaired) electrons. The molecule has 1 aromatic carbocycles. The van der Waals surface area contributed by atoms with Gasteiger partial charge in [0.15, 0.2) is 0 Å². The van der Waals surface area contributed by atoms with Crippen LogP contribution >= 0.6 is 0 Å². The van der Waals surface area contributed by atoms with E-state index in [0.29, 0.717) is 0 Å². The molecule has 1 aromatic rings. The van der Waals surface area contributed by atoms with Gasteiger partial charge in [-0.3, -0.25) is 25.0 Å². The van der Waals surface area contributed by atoms with Gasteiger partial charge in [-0.2, -0.15) is 0 Å². The monoisotopic (exact) mass is 226 g/mol. The van der Waals surface area contributed by atoms with Crippen molar-refractivity contribution in [3.05, 3.63) is 37.9 Å². The third-order valence-electron chi connectivity index (χ3n) is 1.78. The van der Waals surface area contributed by atoms with Crippen molar-refractivity contribution in [2.24, 2.45) is 5.73 Å². The predicted molar refractivity (Wildman–Crippen MR) is 52.7 cm³/mol. The van der Waals surface area contributed by atoms with E-state index in [1.165, 1.54) is 0 Å². The zero-order valence-electron chi connectivity index (χ0n) is 7.75. The summed E-state index contributed by atoms with van der Waals surface area (Å²) in [6.45, 7) is 0. The van der Waals surface area contributed by atoms with Crippen LogP contribution in [0.1, 0.15) is 10.4 Å². The number of nitrogen functional groups attached to an aromatic ring is 1. The van der Waals surface area contributed by atoms with Crippen LogP contribution in [0.15, 0.2) is 12.1 Å². The van der Waals surface area contributed by atoms with Gasteiger partial charge in [-0.05, 0) is 0 Å². The highest BCUT2D eigenvalue weighted by Gasteiger charge is 2.26. The molecule has 0 aliphatic heterocycles. The van der Waals surface area contributed by atoms with Crippen LogP contribution < -0.4 is 11.5 Å². The molecule has 4 N–H and O–H groups in total. The molecule has 9 nitrogen and oxygen atoms in total. The Balaban J connectivity index is 3.58. The number of benzene rings is 1. The molecule has 0 saturated carbocycles. The predicted octanol–water partition coefficient (Wildman–Crippen LogP) is 0.184. The van der Waals surface area contributed by atoms with E-state index < -0.39 is 38.4 Å². The molecule has 1 amide bonds. The Morgan fingerprint density at radius 3 is 2.12 bits per heavy atom. The van der Waals surface area contributed by atoms with E-state index in [1.807, 2.05) is 0 Å². The highest BCUT2D eigenvalue weighted by atomic mass is 16.6. The van der Waals surface area contributed by atoms with E-state index in [9.17, 15) is 25.0 Å². The number of nitro benzene ring substituents is 2. The smallest absolute Gasteiger partial charge is 0.305 e. The maximum atomic E-state index is 10.9. The summed E-state index contributed by atoms with van der Waals surface area (Å²) < 4.78 is 0. The number of nitrogens with zero attached hydrogens (tertiary/aromatic N) is 2. The number of carbonyl (C=O) groups excluding carboxylic acids is 1. The Morgan fingerprint density at radius 2 is 1.75 bits per heavy atom. The number of amides is 1. The molecule has 0 spiro atoms. The van der Waals surface area contributed by atoms with Crippen molar-refractivity contribution < 1.29 is 14.6 Å². The third-order valence-corrected chi connectivity index (χ3v) is 1.78. The second-order valence-corrected chi connectivity index (χ2v) is 2.81. The first-order chi connectivity index (χ1) is 7.34. The Hall–Kier alpha value is -2.71. The largest absolute Gasteiger partial charge is 0.393 e. The number of primary amides is 1. The molecule has 0 bridgehead atoms. The Morgan fingerprint density at radius 1 is 1.19 bits per heavy atom. The molecule has 0 aromatic heterocycles. The van der Waals surface area contributed by atoms with Crippen molar-refractivity contribution in [3.8, 4) is 0 Å². The Kier molecular flexibility index (Phi) is 2.70. The summed E-state index contributed by atoms with van der Waals surface area (Å²) in [7, 11) is 0. The van der Waals surface area contributed by atoms with Gasteiger partial charge >= 0.3 is 5.69 Å². The zero-order chi connectivity index (χ0) is 12.5. The number of non-ortho nitro benzene ring substituents is 1. The molecule has 0 aliphatic carbocycles. The Bertz CT molecular complexity index is 498. The van der Waals surface area contributed by atoms with Gasteiger partial charge in [0.25, 0.3) is 11.6 Å². The minimum absolute atomic E-state index is 0.479. The van der Waals surface area contributed by atoms with Gasteiger partial charge in [0.2, 0.25) is 0 Å². The van der Waals surface area contributed by atoms with Crippen molar-refractivity contribution >= 4 is 23.0 Å². The highest BCUT2D eigenvalue weighted by Crippen LogP contribution is 2.30. The molecule has 1 rings (SSSR count). The molecule has 0 unspecified atom stereocenters. The van der Waals surface area contributed by atoms with Crippen LogP contribution in [0.3, 0.4) is 0 Å². The lowest BCUT2D eigenvalue weighted by Crippen LogP contribution is -2.15. The van der Waals surface area contributed by atoms with Gasteiger partial charge in [-0.1, -0.05) is 0 Å². The maximum Gasteiger partial charge on any atom is 0.305 e. The summed E-state index contributed by atoms with van der Waals surface area (Å²) in [6.07, 6.45) is 0. The molecule has 9 heteroatoms. The average molecular weight is 226 g/mol. The fourth-order valence-corrected chi connectivity index (χ4v) is 1.14. The third kappa shape index (κ3) is 1.87. The maximum absolute atomic E-state index is 10.9. The second-order valence-electron chi connectivity index (χ2n) is 2.81. The number of hydrogen-bond acceptors (Lipinski definition) is 6. The molecule has 0 fully saturated rings. The first-order valence-electron chi connectivity index (χ1n) is 3.86. The standard InChI is InChI=1S/C7H6N4O5/c8-5-2-3(10(13)14)1-4(7(9)12)6(5)11(15)16/h1-2H,8H2,(H2,9,12). The van der Waals surface area contributed by atoms with E-state index >= 15 is 0 Å². The van der Waals surface area contributed by atoms with Crippen LogP contribution in [0.5, 0.6) is 0 Å². The lowest BCUT2D eigenvalue weighted by Gasteiger charge is -2.01. The van der Waals surface area contributed by atoms with Crippen molar-refractivity contribution in [2.75, 3.05) is 5.73 Å². The van der Waals surface area contributed by atoms with E-state index in [0.717, 1.165) is 12.1 Å². The van der Waals surface area contributed by atoms with Crippen LogP contribution in [0.2, 0.25) is 0 Å². The first kappa shape index (κ1) is 11.4. The summed E-state index contributed by atoms with van der Waals surface area (Å²) in [5, 5.41) is 21.0. The number of rotatable bonds is 3. The SMILES string of the molecule is NC(=O)c1cc([N+](=O)[O-])cc(N)c1[N+](=O)[O-]. The van der Waals surface area contributed by atoms with Crippen molar-refractivity contribution in [3.63, 3.8) is 0 Å². The number of anilines is 1. The summed E-state index contributed by atoms with van der Waals surface area (Å²) in [4.78, 5) is 30.2. The molecule has 0 aliphatic rings. The average Bonchev–Trinajstić information content (AvgIpc) is 2.15. The summed E-state index contributed by atoms with van der Waals surface area (Å²) in [6, 6.07) is 1.52. The van der Waals surface area contributed by atoms with Crippen LogP contribution in [-0.4, -0.2) is 15.8 Å². The summed E-state index contributed by atoms with van der Waals surface area (Å²) in [5.74, 6) is -1.15. The Labute approximate surface area is 87.9 Å². The van der Waals surface area contributed by atoms with Gasteiger partial charge in [-0.15, -0.1) is 0 Å². The minimum atomic E-state index is -1.15. The van der Waals surface area contributed by atoms with E-state index in [-0.39, 0.29) is 0 Å². The normalized spacial score (nSPS) is 9.75. The molecular formula is C7H6N4O5. The van der Waals surface area contributed by atoms with Gasteiger partial charge in [0.1, 0.15) is 11.3 Å². The summed E-state index contributed by atoms with van der Waals surface area (Å²) in [5.41, 5.74) is 7.79. The molecule has 84 valence electrons. The van der Waals surface area contributed by atoms with Crippen molar-refractivity contribution in [1.82, 2.24) is 0 Å². The van der Waals surface area contributed by atoms with Crippen LogP contribution in [0, 0.1) is 20.2 Å². The topological polar surface area (TPSA) is 155 Å². The molecule has 0 heterocycles. The number of carbonyl (C=O) groups is 1. The minimum Gasteiger partial charge on any atom is -0.393 e. The van der Waals surface area contributed by atoms with Gasteiger partial charge in [0.05, 0.1) is 9.85 Å². The number of nitro groups is 2. The summed E-state index contributed by atoms with van der Waals surface area (Å²) >= 11 is 0. The zero-order valence-corrected chi connectivity index (χ0v) is 7.75. The first-order valence-corrected chi connectivity index (χ1v) is 3.86. The second kappa shape index (κ2) is 3.81. The lowest BCUT2D eigenvalue weighted by molar-refractivity contribution is -0.388. The van der Waals surface area contributed by atoms with E-state index in [2.05, 4.69) is 0 Å². The number of nitrogens with two attached hydrogens (primary N) is 2. The highest BCUT2D eigenvalue weighted by molar-refractivity contribution is 6.00. The van der Waals surface area contributed by atoms with Crippen molar-refractivity contribution in [2.45, 2.75) is 0 Å². The van der Waals surface area contributed by atoms with Gasteiger partial charge < -0.3 is 11.5 Å². The number of hydrogen-bond donors (Lipinski definition) is 2. The fourth-order valence-electron chi connectivity index (χ4n) is 1.14. The van der Waals surface area contributed by atoms with E-state index in [4.69, 9.17) is 11.5 Å². The lowest BCUT2D eigenvalue weighted by atomic mass is 10.1. The van der Waals surface area contributed by atoms with Gasteiger partial charge in [0, 0.05) is 12.1 Å². The molecular weight excluding hydrogens is 220 g/mol. The quantitative estimate of drug-likeness (QED) is 0.425. The van der Waals surface area contributed by atoms with Gasteiger partial charge in [-0.25, -0.2) is 0 Å². The molecule has 0 saturated heterocycles. The fraction of sp³-hybridized carbons (Fsp3) is 0. The van der Waals surface area contributed by atoms with E-state index in [1.54, 1.807) is 0 Å². The van der Waals surface area contributed by atoms with Crippen LogP contribution in [0.25, 0.3) is 0 Å². The molecule has 16 heavy (non-hydrogen) atoms. The molecule has 0 atom stereocenters. The van der Waals surface area contributed by atoms with Crippen LogP contribution in [0.4, 0.5) is 17.1 Å². The van der Waals surface area contributed by atoms with Crippen molar-refractivity contribution in [1.29, 1.82) is 0 Å². The van der Waals surface area contributed by atoms with Crippen LogP contribution in [-0.2, 0) is 0 Å².